The molecule has 116 valence electrons. The number of rotatable bonds is 6. The molecule has 4 atom stereocenters. The fraction of sp³-hybridized carbons (Fsp3) is 0.833. The molecule has 2 nitrogen and oxygen atoms in total. The van der Waals surface area contributed by atoms with Gasteiger partial charge in [-0.1, -0.05) is 59.0 Å². The zero-order valence-electron chi connectivity index (χ0n) is 13.7. The first-order valence-corrected chi connectivity index (χ1v) is 8.30. The van der Waals surface area contributed by atoms with Gasteiger partial charge in [-0.15, -0.1) is 0 Å². The molecule has 1 rings (SSSR count). The van der Waals surface area contributed by atoms with E-state index in [0.29, 0.717) is 0 Å². The molecular weight excluding hydrogens is 248 g/mol. The van der Waals surface area contributed by atoms with Crippen LogP contribution in [-0.2, 0) is 9.53 Å². The maximum Gasteiger partial charge on any atom is 0.330 e. The number of hydrogen-bond acceptors (Lipinski definition) is 2. The number of hydrogen-bond donors (Lipinski definition) is 0. The van der Waals surface area contributed by atoms with Crippen LogP contribution in [-0.4, -0.2) is 13.1 Å². The van der Waals surface area contributed by atoms with Gasteiger partial charge in [0, 0.05) is 6.08 Å². The Morgan fingerprint density at radius 1 is 1.15 bits per heavy atom. The molecule has 0 amide bonds. The van der Waals surface area contributed by atoms with E-state index >= 15 is 0 Å². The minimum atomic E-state index is -0.245. The van der Waals surface area contributed by atoms with E-state index in [1.54, 1.807) is 0 Å². The van der Waals surface area contributed by atoms with Gasteiger partial charge < -0.3 is 4.74 Å². The molecule has 0 aromatic heterocycles. The van der Waals surface area contributed by atoms with Gasteiger partial charge in [-0.25, -0.2) is 4.79 Å². The largest absolute Gasteiger partial charge is 0.466 e. The van der Waals surface area contributed by atoms with E-state index in [1.165, 1.54) is 51.7 Å². The van der Waals surface area contributed by atoms with E-state index in [0.717, 1.165) is 30.1 Å². The molecule has 1 saturated carbocycles. The summed E-state index contributed by atoms with van der Waals surface area (Å²) in [6, 6.07) is 0. The molecule has 1 aliphatic rings. The van der Waals surface area contributed by atoms with Crippen molar-refractivity contribution < 1.29 is 9.53 Å². The Hall–Kier alpha value is -0.790. The number of allylic oxidation sites excluding steroid dienone is 1. The fourth-order valence-electron chi connectivity index (χ4n) is 3.50. The van der Waals surface area contributed by atoms with Gasteiger partial charge in [-0.3, -0.25) is 0 Å². The average Bonchev–Trinajstić information content (AvgIpc) is 2.56. The zero-order chi connectivity index (χ0) is 15.0. The Morgan fingerprint density at radius 2 is 1.90 bits per heavy atom. The monoisotopic (exact) mass is 280 g/mol. The molecule has 20 heavy (non-hydrogen) atoms. The highest BCUT2D eigenvalue weighted by molar-refractivity contribution is 5.81. The second kappa shape index (κ2) is 9.20. The van der Waals surface area contributed by atoms with Gasteiger partial charge >= 0.3 is 5.97 Å². The summed E-state index contributed by atoms with van der Waals surface area (Å²) in [6.45, 7) is 7.31. The van der Waals surface area contributed by atoms with Crippen LogP contribution in [0.1, 0.15) is 65.7 Å². The lowest BCUT2D eigenvalue weighted by Gasteiger charge is -2.28. The Labute approximate surface area is 125 Å². The lowest BCUT2D eigenvalue weighted by atomic mass is 9.77. The van der Waals surface area contributed by atoms with Crippen LogP contribution in [0.4, 0.5) is 0 Å². The molecule has 2 heteroatoms. The SMILES string of the molecule is COC(=O)/C=C\CCCCC1CCC[C@H](C)C(C)C1C. The standard InChI is InChI=1S/C18H32O2/c1-14-10-9-12-17(16(3)15(14)2)11-7-5-6-8-13-18(19)20-4/h8,13-17H,5-7,9-12H2,1-4H3/b13-8-/t14-,15?,16?,17?/m0/s1. The van der Waals surface area contributed by atoms with Crippen molar-refractivity contribution >= 4 is 5.97 Å². The van der Waals surface area contributed by atoms with Gasteiger partial charge in [0.05, 0.1) is 7.11 Å². The predicted octanol–water partition coefficient (Wildman–Crippen LogP) is 4.98. The quantitative estimate of drug-likeness (QED) is 0.297. The number of unbranched alkanes of at least 4 members (excludes halogenated alkanes) is 2. The van der Waals surface area contributed by atoms with Crippen LogP contribution >= 0.6 is 0 Å². The molecule has 0 spiro atoms. The molecule has 0 heterocycles. The summed E-state index contributed by atoms with van der Waals surface area (Å²) < 4.78 is 4.58. The van der Waals surface area contributed by atoms with Crippen LogP contribution in [0.2, 0.25) is 0 Å². The number of methoxy groups -OCH3 is 1. The second-order valence-corrected chi connectivity index (χ2v) is 6.60. The third-order valence-electron chi connectivity index (χ3n) is 5.36. The van der Waals surface area contributed by atoms with Gasteiger partial charge in [0.1, 0.15) is 0 Å². The Bertz CT molecular complexity index is 309. The molecule has 0 saturated heterocycles. The van der Waals surface area contributed by atoms with Crippen molar-refractivity contribution in [3.05, 3.63) is 12.2 Å². The van der Waals surface area contributed by atoms with Crippen LogP contribution in [0, 0.1) is 23.7 Å². The van der Waals surface area contributed by atoms with Crippen molar-refractivity contribution in [2.45, 2.75) is 65.7 Å². The zero-order valence-corrected chi connectivity index (χ0v) is 13.7. The summed E-state index contributed by atoms with van der Waals surface area (Å²) >= 11 is 0. The van der Waals surface area contributed by atoms with Crippen molar-refractivity contribution in [2.24, 2.45) is 23.7 Å². The molecule has 0 aliphatic heterocycles. The first-order chi connectivity index (χ1) is 9.56. The van der Waals surface area contributed by atoms with Gasteiger partial charge in [0.15, 0.2) is 0 Å². The minimum Gasteiger partial charge on any atom is -0.466 e. The minimum absolute atomic E-state index is 0.245. The number of carbonyl (C=O) groups is 1. The summed E-state index contributed by atoms with van der Waals surface area (Å²) in [4.78, 5) is 10.9. The number of esters is 1. The molecule has 1 aliphatic carbocycles. The van der Waals surface area contributed by atoms with Crippen LogP contribution in [0.3, 0.4) is 0 Å². The van der Waals surface area contributed by atoms with Gasteiger partial charge in [0.2, 0.25) is 0 Å². The summed E-state index contributed by atoms with van der Waals surface area (Å²) in [5.74, 6) is 3.27. The highest BCUT2D eigenvalue weighted by Gasteiger charge is 2.28. The second-order valence-electron chi connectivity index (χ2n) is 6.60. The van der Waals surface area contributed by atoms with E-state index in [4.69, 9.17) is 0 Å². The van der Waals surface area contributed by atoms with E-state index < -0.39 is 0 Å². The van der Waals surface area contributed by atoms with Gasteiger partial charge in [-0.05, 0) is 36.5 Å². The third kappa shape index (κ3) is 5.68. The summed E-state index contributed by atoms with van der Waals surface area (Å²) in [5, 5.41) is 0. The lowest BCUT2D eigenvalue weighted by molar-refractivity contribution is -0.134. The Kier molecular flexibility index (Phi) is 7.94. The molecule has 1 fully saturated rings. The van der Waals surface area contributed by atoms with E-state index in [9.17, 15) is 4.79 Å². The molecule has 0 bridgehead atoms. The van der Waals surface area contributed by atoms with Crippen molar-refractivity contribution in [1.29, 1.82) is 0 Å². The molecule has 3 unspecified atom stereocenters. The predicted molar refractivity (Wildman–Crippen MR) is 84.5 cm³/mol. The van der Waals surface area contributed by atoms with Crippen LogP contribution in [0.15, 0.2) is 12.2 Å². The summed E-state index contributed by atoms with van der Waals surface area (Å²) in [5.41, 5.74) is 0. The van der Waals surface area contributed by atoms with Crippen LogP contribution in [0.25, 0.3) is 0 Å². The molecule has 0 radical (unpaired) electrons. The normalized spacial score (nSPS) is 31.2. The van der Waals surface area contributed by atoms with Crippen molar-refractivity contribution in [1.82, 2.24) is 0 Å². The van der Waals surface area contributed by atoms with Crippen molar-refractivity contribution in [3.63, 3.8) is 0 Å². The van der Waals surface area contributed by atoms with Crippen molar-refractivity contribution in [2.75, 3.05) is 7.11 Å². The van der Waals surface area contributed by atoms with E-state index in [-0.39, 0.29) is 5.97 Å². The molecule has 0 aromatic rings. The lowest BCUT2D eigenvalue weighted by Crippen LogP contribution is -2.20. The van der Waals surface area contributed by atoms with Crippen LogP contribution in [0.5, 0.6) is 0 Å². The van der Waals surface area contributed by atoms with E-state index in [1.807, 2.05) is 6.08 Å². The van der Waals surface area contributed by atoms with E-state index in [2.05, 4.69) is 25.5 Å². The highest BCUT2D eigenvalue weighted by Crippen LogP contribution is 2.38. The Balaban J connectivity index is 2.24. The topological polar surface area (TPSA) is 26.3 Å². The third-order valence-corrected chi connectivity index (χ3v) is 5.36. The first-order valence-electron chi connectivity index (χ1n) is 8.30. The van der Waals surface area contributed by atoms with Crippen molar-refractivity contribution in [3.8, 4) is 0 Å². The summed E-state index contributed by atoms with van der Waals surface area (Å²) in [6.07, 6.45) is 12.5. The average molecular weight is 280 g/mol. The maximum atomic E-state index is 10.9. The molecule has 0 N–H and O–H groups in total. The maximum absolute atomic E-state index is 10.9. The molecule has 0 aromatic carbocycles. The molecular formula is C18H32O2. The Morgan fingerprint density at radius 3 is 2.60 bits per heavy atom. The smallest absolute Gasteiger partial charge is 0.330 e. The fourth-order valence-corrected chi connectivity index (χ4v) is 3.50. The number of ether oxygens (including phenoxy) is 1. The number of carbonyl (C=O) groups excluding carboxylic acids is 1. The van der Waals surface area contributed by atoms with Gasteiger partial charge in [-0.2, -0.15) is 0 Å². The van der Waals surface area contributed by atoms with Crippen LogP contribution < -0.4 is 0 Å². The highest BCUT2D eigenvalue weighted by atomic mass is 16.5. The summed E-state index contributed by atoms with van der Waals surface area (Å²) in [7, 11) is 1.42. The van der Waals surface area contributed by atoms with Gasteiger partial charge in [0.25, 0.3) is 0 Å². The first kappa shape index (κ1) is 17.3.